The lowest BCUT2D eigenvalue weighted by molar-refractivity contribution is -0.126. The summed E-state index contributed by atoms with van der Waals surface area (Å²) in [6.07, 6.45) is 2.10. The van der Waals surface area contributed by atoms with E-state index in [4.69, 9.17) is 0 Å². The third-order valence-corrected chi connectivity index (χ3v) is 8.47. The number of carbonyl (C=O) groups excluding carboxylic acids is 1. The highest BCUT2D eigenvalue weighted by molar-refractivity contribution is 7.18. The van der Waals surface area contributed by atoms with E-state index in [0.717, 1.165) is 65.6 Å². The molecule has 6 rings (SSSR count). The van der Waals surface area contributed by atoms with Gasteiger partial charge in [-0.3, -0.25) is 14.8 Å². The van der Waals surface area contributed by atoms with Crippen molar-refractivity contribution in [2.45, 2.75) is 44.6 Å². The lowest BCUT2D eigenvalue weighted by Crippen LogP contribution is -2.39. The van der Waals surface area contributed by atoms with Crippen LogP contribution in [0.2, 0.25) is 0 Å². The molecule has 5 aromatic rings. The van der Waals surface area contributed by atoms with E-state index in [1.807, 2.05) is 16.7 Å². The Morgan fingerprint density at radius 1 is 1.17 bits per heavy atom. The van der Waals surface area contributed by atoms with Crippen LogP contribution >= 0.6 is 11.3 Å². The predicted octanol–water partition coefficient (Wildman–Crippen LogP) is 5.28. The number of anilines is 1. The Hall–Kier alpha value is -4.28. The van der Waals surface area contributed by atoms with Gasteiger partial charge in [0.1, 0.15) is 28.7 Å². The molecule has 4 aromatic heterocycles. The van der Waals surface area contributed by atoms with Gasteiger partial charge in [-0.2, -0.15) is 23.5 Å². The highest BCUT2D eigenvalue weighted by Gasteiger charge is 2.29. The van der Waals surface area contributed by atoms with Gasteiger partial charge < -0.3 is 9.88 Å². The topological polar surface area (TPSA) is 116 Å². The molecule has 13 heteroatoms. The highest BCUT2D eigenvalue weighted by Crippen LogP contribution is 2.33. The Morgan fingerprint density at radius 3 is 2.71 bits per heavy atom. The lowest BCUT2D eigenvalue weighted by Gasteiger charge is -2.33. The fourth-order valence-corrected chi connectivity index (χ4v) is 6.49. The number of H-pyrrole nitrogens is 1. The SMILES string of the molecule is N#Cc1cc2c(C=O)c(CN3CCC(Nc4ncnc5sc(CC(F)(F)F)cc45)CC3)ccc2n1Cc1cn[nH]c1. The number of halogens is 3. The van der Waals surface area contributed by atoms with Gasteiger partial charge >= 0.3 is 6.18 Å². The molecule has 0 spiro atoms. The standard InChI is InChI=1S/C28H25F3N8OS/c29-28(30,31)9-21-8-23-26(33-16-34-27(23)41-21)37-19-3-5-38(6-4-19)14-18-1-2-25-22(24(18)15-40)7-20(10-32)39(25)13-17-11-35-36-12-17/h1-2,7-8,11-12,15-16,19H,3-6,9,13-14H2,(H,35,36)(H,33,34,37). The summed E-state index contributed by atoms with van der Waals surface area (Å²) in [5, 5.41) is 21.3. The molecular weight excluding hydrogens is 553 g/mol. The molecule has 0 atom stereocenters. The van der Waals surface area contributed by atoms with Crippen molar-refractivity contribution in [1.29, 1.82) is 5.26 Å². The number of hydrogen-bond donors (Lipinski definition) is 2. The lowest BCUT2D eigenvalue weighted by atomic mass is 10.0. The molecule has 0 aliphatic carbocycles. The van der Waals surface area contributed by atoms with Gasteiger partial charge in [0.2, 0.25) is 0 Å². The second-order valence-electron chi connectivity index (χ2n) is 10.2. The zero-order valence-corrected chi connectivity index (χ0v) is 22.6. The molecule has 1 fully saturated rings. The van der Waals surface area contributed by atoms with Crippen LogP contribution in [-0.2, 0) is 19.5 Å². The molecule has 0 radical (unpaired) electrons. The molecule has 210 valence electrons. The first-order chi connectivity index (χ1) is 19.8. The molecule has 1 saturated heterocycles. The third kappa shape index (κ3) is 5.66. The number of thiophene rings is 1. The molecule has 0 unspecified atom stereocenters. The Kier molecular flexibility index (Phi) is 7.19. The van der Waals surface area contributed by atoms with Crippen molar-refractivity contribution in [3.05, 3.63) is 70.2 Å². The van der Waals surface area contributed by atoms with E-state index < -0.39 is 12.6 Å². The summed E-state index contributed by atoms with van der Waals surface area (Å²) in [5.41, 5.74) is 3.70. The van der Waals surface area contributed by atoms with Crippen molar-refractivity contribution in [2.24, 2.45) is 0 Å². The summed E-state index contributed by atoms with van der Waals surface area (Å²) < 4.78 is 40.5. The van der Waals surface area contributed by atoms with E-state index in [2.05, 4.69) is 36.5 Å². The fraction of sp³-hybridized carbons (Fsp3) is 0.321. The molecule has 0 saturated carbocycles. The summed E-state index contributed by atoms with van der Waals surface area (Å²) in [4.78, 5) is 23.7. The maximum atomic E-state index is 12.9. The van der Waals surface area contributed by atoms with Gasteiger partial charge in [-0.25, -0.2) is 9.97 Å². The van der Waals surface area contributed by atoms with Crippen LogP contribution in [0.4, 0.5) is 19.0 Å². The molecule has 9 nitrogen and oxygen atoms in total. The van der Waals surface area contributed by atoms with Crippen molar-refractivity contribution >= 4 is 44.6 Å². The summed E-state index contributed by atoms with van der Waals surface area (Å²) in [6.45, 7) is 2.61. The van der Waals surface area contributed by atoms with Crippen molar-refractivity contribution in [3.63, 3.8) is 0 Å². The number of benzene rings is 1. The number of carbonyl (C=O) groups is 1. The Bertz CT molecular complexity index is 1740. The van der Waals surface area contributed by atoms with Gasteiger partial charge in [0.15, 0.2) is 6.29 Å². The Balaban J connectivity index is 1.14. The third-order valence-electron chi connectivity index (χ3n) is 7.42. The average Bonchev–Trinajstić information content (AvgIpc) is 3.68. The number of aromatic nitrogens is 5. The maximum Gasteiger partial charge on any atom is 0.393 e. The number of piperidine rings is 1. The number of hydrogen-bond acceptors (Lipinski definition) is 8. The van der Waals surface area contributed by atoms with E-state index >= 15 is 0 Å². The predicted molar refractivity (Wildman–Crippen MR) is 149 cm³/mol. The summed E-state index contributed by atoms with van der Waals surface area (Å²) in [5.74, 6) is 0.556. The van der Waals surface area contributed by atoms with Crippen molar-refractivity contribution in [1.82, 2.24) is 29.6 Å². The Labute approximate surface area is 236 Å². The number of aldehydes is 1. The zero-order chi connectivity index (χ0) is 28.6. The monoisotopic (exact) mass is 578 g/mol. The molecule has 1 aliphatic rings. The van der Waals surface area contributed by atoms with E-state index in [9.17, 15) is 23.2 Å². The van der Waals surface area contributed by atoms with Crippen LogP contribution in [0.25, 0.3) is 21.1 Å². The summed E-state index contributed by atoms with van der Waals surface area (Å²) in [7, 11) is 0. The van der Waals surface area contributed by atoms with Gasteiger partial charge in [0.05, 0.1) is 30.1 Å². The van der Waals surface area contributed by atoms with Gasteiger partial charge in [-0.05, 0) is 36.6 Å². The Morgan fingerprint density at radius 2 is 2.00 bits per heavy atom. The van der Waals surface area contributed by atoms with Crippen molar-refractivity contribution in [2.75, 3.05) is 18.4 Å². The van der Waals surface area contributed by atoms with Gasteiger partial charge in [0.25, 0.3) is 0 Å². The minimum atomic E-state index is -4.27. The molecule has 5 heterocycles. The van der Waals surface area contributed by atoms with Crippen molar-refractivity contribution in [3.8, 4) is 6.07 Å². The number of alkyl halides is 3. The first-order valence-electron chi connectivity index (χ1n) is 13.1. The van der Waals surface area contributed by atoms with E-state index in [1.165, 1.54) is 12.4 Å². The number of nitriles is 1. The first-order valence-corrected chi connectivity index (χ1v) is 13.9. The van der Waals surface area contributed by atoms with Crippen molar-refractivity contribution < 1.29 is 18.0 Å². The number of likely N-dealkylation sites (tertiary alicyclic amines) is 1. The molecule has 1 aromatic carbocycles. The van der Waals surface area contributed by atoms with Crippen LogP contribution in [0.3, 0.4) is 0 Å². The van der Waals surface area contributed by atoms with E-state index in [-0.39, 0.29) is 10.9 Å². The minimum absolute atomic E-state index is 0.110. The number of fused-ring (bicyclic) bond motifs is 2. The quantitative estimate of drug-likeness (QED) is 0.241. The van der Waals surface area contributed by atoms with E-state index in [0.29, 0.717) is 40.4 Å². The largest absolute Gasteiger partial charge is 0.393 e. The smallest absolute Gasteiger partial charge is 0.367 e. The number of nitrogens with one attached hydrogen (secondary N) is 2. The zero-order valence-electron chi connectivity index (χ0n) is 21.8. The van der Waals surface area contributed by atoms with Crippen LogP contribution < -0.4 is 5.32 Å². The van der Waals surface area contributed by atoms with Crippen LogP contribution in [-0.4, -0.2) is 61.2 Å². The van der Waals surface area contributed by atoms with Gasteiger partial charge in [-0.15, -0.1) is 11.3 Å². The molecule has 2 N–H and O–H groups in total. The fourth-order valence-electron chi connectivity index (χ4n) is 5.46. The molecule has 41 heavy (non-hydrogen) atoms. The van der Waals surface area contributed by atoms with Crippen LogP contribution in [0.1, 0.15) is 44.9 Å². The summed E-state index contributed by atoms with van der Waals surface area (Å²) in [6, 6.07) is 9.56. The van der Waals surface area contributed by atoms with Gasteiger partial charge in [0, 0.05) is 53.3 Å². The number of rotatable bonds is 8. The molecular formula is C28H25F3N8OS. The average molecular weight is 579 g/mol. The molecule has 0 bridgehead atoms. The summed E-state index contributed by atoms with van der Waals surface area (Å²) >= 11 is 1.04. The molecule has 0 amide bonds. The number of nitrogens with zero attached hydrogens (tertiary/aromatic N) is 6. The number of aromatic amines is 1. The van der Waals surface area contributed by atoms with Gasteiger partial charge in [-0.1, -0.05) is 6.07 Å². The second kappa shape index (κ2) is 10.9. The first kappa shape index (κ1) is 26.9. The van der Waals surface area contributed by atoms with Crippen LogP contribution in [0.15, 0.2) is 43.0 Å². The van der Waals surface area contributed by atoms with Crippen LogP contribution in [0, 0.1) is 11.3 Å². The maximum absolute atomic E-state index is 12.9. The second-order valence-corrected chi connectivity index (χ2v) is 11.3. The molecule has 1 aliphatic heterocycles. The van der Waals surface area contributed by atoms with E-state index in [1.54, 1.807) is 18.5 Å². The highest BCUT2D eigenvalue weighted by atomic mass is 32.1. The van der Waals surface area contributed by atoms with Crippen LogP contribution in [0.5, 0.6) is 0 Å². The normalized spacial score (nSPS) is 15.0. The minimum Gasteiger partial charge on any atom is -0.367 e.